The van der Waals surface area contributed by atoms with E-state index in [0.717, 1.165) is 5.75 Å². The zero-order valence-corrected chi connectivity index (χ0v) is 20.5. The minimum absolute atomic E-state index is 0.0399. The number of carbonyl (C=O) groups excluding carboxylic acids is 2. The summed E-state index contributed by atoms with van der Waals surface area (Å²) in [5.74, 6) is 2.35. The van der Waals surface area contributed by atoms with E-state index in [-0.39, 0.29) is 12.6 Å². The molecule has 0 fully saturated rings. The molecule has 0 saturated carbocycles. The zero-order chi connectivity index (χ0) is 26.0. The molecule has 0 saturated heterocycles. The molecule has 0 aromatic heterocycles. The van der Waals surface area contributed by atoms with E-state index >= 15 is 0 Å². The first-order valence-corrected chi connectivity index (χ1v) is 11.6. The lowest BCUT2D eigenvalue weighted by atomic mass is 10.0. The number of benzene rings is 4. The minimum Gasteiger partial charge on any atom is -0.497 e. The summed E-state index contributed by atoms with van der Waals surface area (Å²) in [7, 11) is 1.57. The van der Waals surface area contributed by atoms with E-state index in [1.807, 2.05) is 6.92 Å². The van der Waals surface area contributed by atoms with Crippen molar-refractivity contribution in [1.82, 2.24) is 0 Å². The van der Waals surface area contributed by atoms with Crippen molar-refractivity contribution in [3.05, 3.63) is 114 Å². The molecule has 0 bridgehead atoms. The summed E-state index contributed by atoms with van der Waals surface area (Å²) < 4.78 is 27.1. The maximum atomic E-state index is 12.7. The lowest BCUT2D eigenvalue weighted by molar-refractivity contribution is 0.0734. The van der Waals surface area contributed by atoms with Crippen LogP contribution in [0.3, 0.4) is 0 Å². The van der Waals surface area contributed by atoms with Crippen molar-refractivity contribution in [1.29, 1.82) is 0 Å². The predicted molar refractivity (Wildman–Crippen MR) is 138 cm³/mol. The van der Waals surface area contributed by atoms with Crippen molar-refractivity contribution in [3.8, 4) is 28.7 Å². The fourth-order valence-corrected chi connectivity index (χ4v) is 3.40. The Balaban J connectivity index is 1.25. The van der Waals surface area contributed by atoms with Crippen LogP contribution < -0.4 is 23.7 Å². The van der Waals surface area contributed by atoms with Gasteiger partial charge in [-0.25, -0.2) is 4.79 Å². The molecule has 4 aromatic rings. The van der Waals surface area contributed by atoms with Gasteiger partial charge < -0.3 is 23.7 Å². The number of hydrogen-bond donors (Lipinski definition) is 0. The van der Waals surface area contributed by atoms with Crippen LogP contribution in [0.15, 0.2) is 97.1 Å². The average molecular weight is 499 g/mol. The molecule has 0 unspecified atom stereocenters. The van der Waals surface area contributed by atoms with Gasteiger partial charge in [-0.2, -0.15) is 0 Å². The van der Waals surface area contributed by atoms with Gasteiger partial charge in [-0.3, -0.25) is 4.79 Å². The lowest BCUT2D eigenvalue weighted by Gasteiger charge is -2.10. The molecule has 37 heavy (non-hydrogen) atoms. The predicted octanol–water partition coefficient (Wildman–Crippen LogP) is 5.96. The Labute approximate surface area is 215 Å². The third kappa shape index (κ3) is 6.89. The molecule has 0 spiro atoms. The van der Waals surface area contributed by atoms with Crippen molar-refractivity contribution in [2.75, 3.05) is 20.5 Å². The molecule has 7 heteroatoms. The number of rotatable bonds is 11. The van der Waals surface area contributed by atoms with Gasteiger partial charge in [-0.05, 0) is 104 Å². The van der Waals surface area contributed by atoms with Crippen molar-refractivity contribution in [2.24, 2.45) is 0 Å². The van der Waals surface area contributed by atoms with Gasteiger partial charge in [0.15, 0.2) is 5.78 Å². The summed E-state index contributed by atoms with van der Waals surface area (Å²) in [4.78, 5) is 25.0. The smallest absolute Gasteiger partial charge is 0.343 e. The first kappa shape index (κ1) is 25.3. The summed E-state index contributed by atoms with van der Waals surface area (Å²) in [5.41, 5.74) is 1.52. The number of ketones is 1. The van der Waals surface area contributed by atoms with Crippen LogP contribution in [0.4, 0.5) is 0 Å². The van der Waals surface area contributed by atoms with Crippen molar-refractivity contribution in [2.45, 2.75) is 6.92 Å². The van der Waals surface area contributed by atoms with Crippen LogP contribution in [0, 0.1) is 0 Å². The standard InChI is InChI=1S/C30H26O7/c1-3-34-25-10-4-21(5-11-25)29(31)22-6-12-26(13-7-22)35-20-36-27-14-8-23(9-15-27)30(32)37-28-18-16-24(33-2)17-19-28/h4-19H,3,20H2,1-2H3. The van der Waals surface area contributed by atoms with Crippen molar-refractivity contribution >= 4 is 11.8 Å². The number of esters is 1. The summed E-state index contributed by atoms with van der Waals surface area (Å²) in [5, 5.41) is 0. The Kier molecular flexibility index (Phi) is 8.39. The molecule has 0 amide bonds. The zero-order valence-electron chi connectivity index (χ0n) is 20.5. The third-order valence-electron chi connectivity index (χ3n) is 5.36. The highest BCUT2D eigenvalue weighted by Crippen LogP contribution is 2.21. The van der Waals surface area contributed by atoms with E-state index in [1.165, 1.54) is 0 Å². The van der Waals surface area contributed by atoms with Gasteiger partial charge in [0.25, 0.3) is 0 Å². The topological polar surface area (TPSA) is 80.3 Å². The summed E-state index contributed by atoms with van der Waals surface area (Å²) in [6, 6.07) is 27.2. The largest absolute Gasteiger partial charge is 0.497 e. The molecule has 0 heterocycles. The van der Waals surface area contributed by atoms with Gasteiger partial charge in [0, 0.05) is 11.1 Å². The third-order valence-corrected chi connectivity index (χ3v) is 5.36. The molecular formula is C30H26O7. The van der Waals surface area contributed by atoms with Gasteiger partial charge in [0.1, 0.15) is 28.7 Å². The molecule has 0 N–H and O–H groups in total. The Hall–Kier alpha value is -4.78. The maximum absolute atomic E-state index is 12.7. The SMILES string of the molecule is CCOc1ccc(C(=O)c2ccc(OCOc3ccc(C(=O)Oc4ccc(OC)cc4)cc3)cc2)cc1. The quantitative estimate of drug-likeness (QED) is 0.109. The monoisotopic (exact) mass is 498 g/mol. The highest BCUT2D eigenvalue weighted by molar-refractivity contribution is 6.09. The fraction of sp³-hybridized carbons (Fsp3) is 0.133. The van der Waals surface area contributed by atoms with Crippen LogP contribution in [0.1, 0.15) is 33.2 Å². The van der Waals surface area contributed by atoms with Crippen molar-refractivity contribution in [3.63, 3.8) is 0 Å². The highest BCUT2D eigenvalue weighted by atomic mass is 16.7. The highest BCUT2D eigenvalue weighted by Gasteiger charge is 2.11. The summed E-state index contributed by atoms with van der Waals surface area (Å²) in [6.45, 7) is 2.44. The molecule has 0 atom stereocenters. The summed E-state index contributed by atoms with van der Waals surface area (Å²) in [6.07, 6.45) is 0. The second-order valence-corrected chi connectivity index (χ2v) is 7.81. The van der Waals surface area contributed by atoms with E-state index in [9.17, 15) is 9.59 Å². The van der Waals surface area contributed by atoms with Crippen molar-refractivity contribution < 1.29 is 33.3 Å². The normalized spacial score (nSPS) is 10.3. The number of ether oxygens (including phenoxy) is 5. The Morgan fingerprint density at radius 1 is 0.541 bits per heavy atom. The minimum atomic E-state index is -0.479. The van der Waals surface area contributed by atoms with Crippen LogP contribution in [-0.4, -0.2) is 32.3 Å². The van der Waals surface area contributed by atoms with E-state index < -0.39 is 5.97 Å². The van der Waals surface area contributed by atoms with Gasteiger partial charge in [0.05, 0.1) is 19.3 Å². The van der Waals surface area contributed by atoms with Crippen LogP contribution in [-0.2, 0) is 0 Å². The van der Waals surface area contributed by atoms with E-state index in [4.69, 9.17) is 23.7 Å². The Morgan fingerprint density at radius 3 is 1.41 bits per heavy atom. The lowest BCUT2D eigenvalue weighted by Crippen LogP contribution is -2.09. The van der Waals surface area contributed by atoms with Crippen LogP contribution in [0.5, 0.6) is 28.7 Å². The first-order valence-electron chi connectivity index (χ1n) is 11.6. The number of hydrogen-bond acceptors (Lipinski definition) is 7. The Morgan fingerprint density at radius 2 is 0.946 bits per heavy atom. The number of methoxy groups -OCH3 is 1. The van der Waals surface area contributed by atoms with Crippen LogP contribution in [0.2, 0.25) is 0 Å². The Bertz CT molecular complexity index is 1310. The van der Waals surface area contributed by atoms with Crippen LogP contribution in [0.25, 0.3) is 0 Å². The average Bonchev–Trinajstić information content (AvgIpc) is 2.94. The van der Waals surface area contributed by atoms with E-state index in [2.05, 4.69) is 0 Å². The van der Waals surface area contributed by atoms with Crippen LogP contribution >= 0.6 is 0 Å². The van der Waals surface area contributed by atoms with Gasteiger partial charge in [0.2, 0.25) is 6.79 Å². The molecule has 7 nitrogen and oxygen atoms in total. The first-order chi connectivity index (χ1) is 18.1. The molecule has 0 radical (unpaired) electrons. The molecule has 0 aliphatic carbocycles. The van der Waals surface area contributed by atoms with E-state index in [1.54, 1.807) is 104 Å². The molecule has 4 aromatic carbocycles. The molecule has 0 aliphatic heterocycles. The second kappa shape index (κ2) is 12.3. The summed E-state index contributed by atoms with van der Waals surface area (Å²) >= 11 is 0. The molecule has 4 rings (SSSR count). The molecular weight excluding hydrogens is 472 g/mol. The number of carbonyl (C=O) groups is 2. The molecule has 0 aliphatic rings. The van der Waals surface area contributed by atoms with Gasteiger partial charge in [-0.1, -0.05) is 0 Å². The van der Waals surface area contributed by atoms with Gasteiger partial charge in [-0.15, -0.1) is 0 Å². The second-order valence-electron chi connectivity index (χ2n) is 7.81. The fourth-order valence-electron chi connectivity index (χ4n) is 3.40. The van der Waals surface area contributed by atoms with Gasteiger partial charge >= 0.3 is 5.97 Å². The molecule has 188 valence electrons. The maximum Gasteiger partial charge on any atom is 0.343 e. The van der Waals surface area contributed by atoms with E-state index in [0.29, 0.717) is 46.3 Å².